The minimum Gasteiger partial charge on any atom is -0.481 e. The molecule has 112 valence electrons. The molecule has 0 radical (unpaired) electrons. The Bertz CT molecular complexity index is 600. The van der Waals surface area contributed by atoms with E-state index in [4.69, 9.17) is 5.11 Å². The van der Waals surface area contributed by atoms with Crippen LogP contribution < -0.4 is 0 Å². The number of hydrogen-bond donors (Lipinski definition) is 1. The number of carboxylic acids is 1. The van der Waals surface area contributed by atoms with Gasteiger partial charge in [-0.3, -0.25) is 9.48 Å². The minimum atomic E-state index is -3.57. The van der Waals surface area contributed by atoms with Crippen molar-refractivity contribution in [1.82, 2.24) is 14.1 Å². The number of aryl methyl sites for hydroxylation is 1. The summed E-state index contributed by atoms with van der Waals surface area (Å²) in [6.07, 6.45) is 2.09. The van der Waals surface area contributed by atoms with Gasteiger partial charge in [0, 0.05) is 19.6 Å². The highest BCUT2D eigenvalue weighted by molar-refractivity contribution is 7.89. The van der Waals surface area contributed by atoms with E-state index in [9.17, 15) is 13.2 Å². The Morgan fingerprint density at radius 1 is 1.45 bits per heavy atom. The van der Waals surface area contributed by atoms with Crippen LogP contribution in [0.4, 0.5) is 0 Å². The van der Waals surface area contributed by atoms with Crippen LogP contribution in [0, 0.1) is 12.8 Å². The van der Waals surface area contributed by atoms with Crippen molar-refractivity contribution in [2.24, 2.45) is 5.92 Å². The summed E-state index contributed by atoms with van der Waals surface area (Å²) >= 11 is 0. The van der Waals surface area contributed by atoms with Gasteiger partial charge in [-0.1, -0.05) is 0 Å². The zero-order chi connectivity index (χ0) is 14.9. The topological polar surface area (TPSA) is 92.5 Å². The summed E-state index contributed by atoms with van der Waals surface area (Å²) in [5.74, 6) is -1.29. The lowest BCUT2D eigenvalue weighted by molar-refractivity contribution is -0.142. The van der Waals surface area contributed by atoms with Gasteiger partial charge < -0.3 is 5.11 Å². The lowest BCUT2D eigenvalue weighted by atomic mass is 9.99. The number of rotatable bonds is 4. The van der Waals surface area contributed by atoms with Crippen molar-refractivity contribution in [2.45, 2.75) is 38.1 Å². The first-order valence-electron chi connectivity index (χ1n) is 6.63. The Hall–Kier alpha value is -1.41. The molecule has 1 aromatic heterocycles. The van der Waals surface area contributed by atoms with E-state index < -0.39 is 21.9 Å². The standard InChI is InChI=1S/C12H19N3O4S/c1-3-15-9(2)11(8-13-15)20(18,19)14-6-4-10(5-7-14)12(16)17/h8,10H,3-7H2,1-2H3,(H,16,17). The van der Waals surface area contributed by atoms with Crippen LogP contribution in [0.5, 0.6) is 0 Å². The molecule has 2 heterocycles. The second kappa shape index (κ2) is 5.53. The van der Waals surface area contributed by atoms with Gasteiger partial charge in [0.25, 0.3) is 0 Å². The van der Waals surface area contributed by atoms with Crippen LogP contribution in [-0.4, -0.2) is 46.7 Å². The quantitative estimate of drug-likeness (QED) is 0.883. The van der Waals surface area contributed by atoms with Crippen LogP contribution in [0.15, 0.2) is 11.1 Å². The maximum atomic E-state index is 12.5. The van der Waals surface area contributed by atoms with Crippen molar-refractivity contribution < 1.29 is 18.3 Å². The molecule has 0 amide bonds. The van der Waals surface area contributed by atoms with E-state index in [0.717, 1.165) is 0 Å². The molecule has 0 aromatic carbocycles. The van der Waals surface area contributed by atoms with Crippen molar-refractivity contribution >= 4 is 16.0 Å². The van der Waals surface area contributed by atoms with Gasteiger partial charge in [0.1, 0.15) is 4.90 Å². The lowest BCUT2D eigenvalue weighted by Gasteiger charge is -2.29. The fraction of sp³-hybridized carbons (Fsp3) is 0.667. The van der Waals surface area contributed by atoms with E-state index in [2.05, 4.69) is 5.10 Å². The molecular formula is C12H19N3O4S. The number of carboxylic acid groups (broad SMARTS) is 1. The van der Waals surface area contributed by atoms with Crippen LogP contribution in [0.25, 0.3) is 0 Å². The molecule has 0 aliphatic carbocycles. The molecule has 1 saturated heterocycles. The maximum Gasteiger partial charge on any atom is 0.306 e. The molecule has 2 rings (SSSR count). The van der Waals surface area contributed by atoms with E-state index in [1.807, 2.05) is 6.92 Å². The second-order valence-electron chi connectivity index (χ2n) is 4.93. The summed E-state index contributed by atoms with van der Waals surface area (Å²) in [7, 11) is -3.57. The molecule has 20 heavy (non-hydrogen) atoms. The van der Waals surface area contributed by atoms with Gasteiger partial charge in [-0.15, -0.1) is 0 Å². The Morgan fingerprint density at radius 3 is 2.50 bits per heavy atom. The summed E-state index contributed by atoms with van der Waals surface area (Å²) in [6, 6.07) is 0. The number of piperidine rings is 1. The van der Waals surface area contributed by atoms with Gasteiger partial charge in [-0.25, -0.2) is 8.42 Å². The molecule has 0 unspecified atom stereocenters. The highest BCUT2D eigenvalue weighted by atomic mass is 32.2. The van der Waals surface area contributed by atoms with Crippen molar-refractivity contribution in [2.75, 3.05) is 13.1 Å². The van der Waals surface area contributed by atoms with Crippen molar-refractivity contribution in [1.29, 1.82) is 0 Å². The Kier molecular flexibility index (Phi) is 4.14. The molecule has 1 N–H and O–H groups in total. The number of hydrogen-bond acceptors (Lipinski definition) is 4. The number of aromatic nitrogens is 2. The van der Waals surface area contributed by atoms with Gasteiger partial charge in [0.2, 0.25) is 10.0 Å². The van der Waals surface area contributed by atoms with Gasteiger partial charge in [-0.05, 0) is 26.7 Å². The summed E-state index contributed by atoms with van der Waals surface area (Å²) < 4.78 is 28.1. The Morgan fingerprint density at radius 2 is 2.05 bits per heavy atom. The predicted octanol–water partition coefficient (Wildman–Crippen LogP) is 0.697. The van der Waals surface area contributed by atoms with Gasteiger partial charge >= 0.3 is 5.97 Å². The van der Waals surface area contributed by atoms with E-state index in [0.29, 0.717) is 25.1 Å². The van der Waals surface area contributed by atoms with E-state index in [1.165, 1.54) is 10.5 Å². The van der Waals surface area contributed by atoms with E-state index >= 15 is 0 Å². The smallest absolute Gasteiger partial charge is 0.306 e. The molecule has 0 atom stereocenters. The summed E-state index contributed by atoms with van der Waals surface area (Å²) in [6.45, 7) is 4.73. The zero-order valence-corrected chi connectivity index (χ0v) is 12.4. The third-order valence-electron chi connectivity index (χ3n) is 3.78. The Balaban J connectivity index is 2.19. The molecule has 7 nitrogen and oxygen atoms in total. The fourth-order valence-corrected chi connectivity index (χ4v) is 4.11. The summed E-state index contributed by atoms with van der Waals surface area (Å²) in [4.78, 5) is 11.1. The predicted molar refractivity (Wildman–Crippen MR) is 71.8 cm³/mol. The average Bonchev–Trinajstić information content (AvgIpc) is 2.80. The minimum absolute atomic E-state index is 0.216. The molecule has 8 heteroatoms. The summed E-state index contributed by atoms with van der Waals surface area (Å²) in [5, 5.41) is 13.0. The molecule has 1 aromatic rings. The zero-order valence-electron chi connectivity index (χ0n) is 11.6. The van der Waals surface area contributed by atoms with E-state index in [-0.39, 0.29) is 18.0 Å². The monoisotopic (exact) mass is 301 g/mol. The molecule has 1 aliphatic heterocycles. The van der Waals surface area contributed by atoms with Crippen LogP contribution in [0.1, 0.15) is 25.5 Å². The summed E-state index contributed by atoms with van der Waals surface area (Å²) in [5.41, 5.74) is 0.618. The number of sulfonamides is 1. The van der Waals surface area contributed by atoms with Gasteiger partial charge in [0.05, 0.1) is 17.8 Å². The lowest BCUT2D eigenvalue weighted by Crippen LogP contribution is -2.40. The molecular weight excluding hydrogens is 282 g/mol. The van der Waals surface area contributed by atoms with E-state index in [1.54, 1.807) is 11.6 Å². The number of carbonyl (C=O) groups is 1. The van der Waals surface area contributed by atoms with Gasteiger partial charge in [-0.2, -0.15) is 9.40 Å². The van der Waals surface area contributed by atoms with Crippen molar-refractivity contribution in [3.63, 3.8) is 0 Å². The first-order chi connectivity index (χ1) is 9.37. The van der Waals surface area contributed by atoms with Crippen molar-refractivity contribution in [3.8, 4) is 0 Å². The van der Waals surface area contributed by atoms with Crippen LogP contribution >= 0.6 is 0 Å². The highest BCUT2D eigenvalue weighted by Gasteiger charge is 2.33. The molecule has 0 spiro atoms. The van der Waals surface area contributed by atoms with Crippen LogP contribution in [-0.2, 0) is 21.4 Å². The number of aliphatic carboxylic acids is 1. The first kappa shape index (κ1) is 15.0. The average molecular weight is 301 g/mol. The molecule has 1 aliphatic rings. The Labute approximate surface area is 118 Å². The molecule has 0 saturated carbocycles. The molecule has 1 fully saturated rings. The second-order valence-corrected chi connectivity index (χ2v) is 6.83. The van der Waals surface area contributed by atoms with Gasteiger partial charge in [0.15, 0.2) is 0 Å². The first-order valence-corrected chi connectivity index (χ1v) is 8.07. The third-order valence-corrected chi connectivity index (χ3v) is 5.78. The normalized spacial score (nSPS) is 18.3. The third kappa shape index (κ3) is 2.57. The highest BCUT2D eigenvalue weighted by Crippen LogP contribution is 2.25. The van der Waals surface area contributed by atoms with Crippen LogP contribution in [0.2, 0.25) is 0 Å². The fourth-order valence-electron chi connectivity index (χ4n) is 2.48. The number of nitrogens with zero attached hydrogens (tertiary/aromatic N) is 3. The molecule has 0 bridgehead atoms. The van der Waals surface area contributed by atoms with Crippen LogP contribution in [0.3, 0.4) is 0 Å². The SMILES string of the molecule is CCn1ncc(S(=O)(=O)N2CCC(C(=O)O)CC2)c1C. The van der Waals surface area contributed by atoms with Crippen molar-refractivity contribution in [3.05, 3.63) is 11.9 Å². The largest absolute Gasteiger partial charge is 0.481 e. The maximum absolute atomic E-state index is 12.5.